The number of likely N-dealkylation sites (tertiary alicyclic amines) is 1. The van der Waals surface area contributed by atoms with Crippen LogP contribution in [0.1, 0.15) is 47.4 Å². The van der Waals surface area contributed by atoms with Crippen LogP contribution in [0.3, 0.4) is 0 Å². The number of amides is 4. The van der Waals surface area contributed by atoms with Crippen LogP contribution in [-0.2, 0) is 9.59 Å². The number of carbonyl (C=O) groups excluding carboxylic acids is 4. The zero-order valence-corrected chi connectivity index (χ0v) is 14.3. The maximum atomic E-state index is 12.7. The molecule has 0 radical (unpaired) electrons. The van der Waals surface area contributed by atoms with Crippen molar-refractivity contribution >= 4 is 29.3 Å². The van der Waals surface area contributed by atoms with Crippen molar-refractivity contribution in [2.24, 2.45) is 5.92 Å². The van der Waals surface area contributed by atoms with E-state index >= 15 is 0 Å². The molecule has 0 saturated carbocycles. The highest BCUT2D eigenvalue weighted by molar-refractivity contribution is 6.25. The second-order valence-electron chi connectivity index (χ2n) is 6.73. The Labute approximate surface area is 148 Å². The average Bonchev–Trinajstić information content (AvgIpc) is 2.83. The normalized spacial score (nSPS) is 20.2. The number of rotatable bonds is 4. The van der Waals surface area contributed by atoms with Gasteiger partial charge in [0.05, 0.1) is 10.5 Å². The number of hydrogen-bond acceptors (Lipinski definition) is 6. The Kier molecular flexibility index (Phi) is 4.31. The van der Waals surface area contributed by atoms with Gasteiger partial charge in [-0.25, -0.2) is 0 Å². The summed E-state index contributed by atoms with van der Waals surface area (Å²) < 4.78 is 0. The molecule has 4 amide bonds. The lowest BCUT2D eigenvalue weighted by molar-refractivity contribution is -0.385. The van der Waals surface area contributed by atoms with Crippen LogP contribution >= 0.6 is 0 Å². The lowest BCUT2D eigenvalue weighted by Crippen LogP contribution is -2.56. The highest BCUT2D eigenvalue weighted by atomic mass is 16.6. The minimum atomic E-state index is -1.13. The van der Waals surface area contributed by atoms with Crippen molar-refractivity contribution in [1.29, 1.82) is 0 Å². The first kappa shape index (κ1) is 17.7. The van der Waals surface area contributed by atoms with E-state index in [1.807, 2.05) is 13.8 Å². The van der Waals surface area contributed by atoms with Crippen molar-refractivity contribution in [3.63, 3.8) is 0 Å². The summed E-state index contributed by atoms with van der Waals surface area (Å²) in [5, 5.41) is 11.2. The van der Waals surface area contributed by atoms with Crippen molar-refractivity contribution < 1.29 is 24.1 Å². The number of hydrogen-bond donors (Lipinski definition) is 0. The zero-order chi connectivity index (χ0) is 19.2. The predicted molar refractivity (Wildman–Crippen MR) is 88.2 cm³/mol. The van der Waals surface area contributed by atoms with Gasteiger partial charge in [-0.05, 0) is 18.4 Å². The monoisotopic (exact) mass is 359 g/mol. The maximum Gasteiger partial charge on any atom is 0.282 e. The number of nitro benzene ring substituents is 1. The summed E-state index contributed by atoms with van der Waals surface area (Å²) >= 11 is 0. The van der Waals surface area contributed by atoms with Gasteiger partial charge in [0.2, 0.25) is 5.91 Å². The van der Waals surface area contributed by atoms with Crippen molar-refractivity contribution in [3.8, 4) is 0 Å². The number of nitro groups is 1. The molecule has 0 spiro atoms. The number of nitrogens with zero attached hydrogens (tertiary/aromatic N) is 3. The second-order valence-corrected chi connectivity index (χ2v) is 6.73. The molecule has 0 bridgehead atoms. The summed E-state index contributed by atoms with van der Waals surface area (Å²) in [6, 6.07) is 2.67. The molecule has 0 N–H and O–H groups in total. The van der Waals surface area contributed by atoms with Crippen LogP contribution in [0.15, 0.2) is 18.2 Å². The fourth-order valence-corrected chi connectivity index (χ4v) is 3.34. The van der Waals surface area contributed by atoms with Crippen molar-refractivity contribution in [1.82, 2.24) is 9.80 Å². The molecule has 26 heavy (non-hydrogen) atoms. The molecular weight excluding hydrogens is 342 g/mol. The highest BCUT2D eigenvalue weighted by Crippen LogP contribution is 2.34. The molecule has 1 unspecified atom stereocenters. The molecule has 1 fully saturated rings. The molecule has 9 nitrogen and oxygen atoms in total. The van der Waals surface area contributed by atoms with Gasteiger partial charge in [-0.1, -0.05) is 19.9 Å². The summed E-state index contributed by atoms with van der Waals surface area (Å²) in [7, 11) is 0. The van der Waals surface area contributed by atoms with Crippen LogP contribution < -0.4 is 0 Å². The Morgan fingerprint density at radius 1 is 1.19 bits per heavy atom. The van der Waals surface area contributed by atoms with Crippen molar-refractivity contribution in [2.45, 2.75) is 32.7 Å². The van der Waals surface area contributed by atoms with Crippen LogP contribution in [0.5, 0.6) is 0 Å². The first-order chi connectivity index (χ1) is 12.2. The van der Waals surface area contributed by atoms with Crippen LogP contribution in [0.4, 0.5) is 5.69 Å². The van der Waals surface area contributed by atoms with Gasteiger partial charge in [0, 0.05) is 19.0 Å². The van der Waals surface area contributed by atoms with Gasteiger partial charge in [0.1, 0.15) is 11.6 Å². The van der Waals surface area contributed by atoms with Gasteiger partial charge in [-0.3, -0.25) is 39.1 Å². The topological polar surface area (TPSA) is 118 Å². The van der Waals surface area contributed by atoms with Gasteiger partial charge in [0.15, 0.2) is 0 Å². The Bertz CT molecular complexity index is 847. The maximum absolute atomic E-state index is 12.7. The van der Waals surface area contributed by atoms with Crippen LogP contribution in [0, 0.1) is 16.0 Å². The van der Waals surface area contributed by atoms with Gasteiger partial charge >= 0.3 is 0 Å². The Morgan fingerprint density at radius 3 is 2.50 bits per heavy atom. The average molecular weight is 359 g/mol. The molecule has 1 aromatic carbocycles. The minimum absolute atomic E-state index is 0.0194. The number of piperidine rings is 1. The quantitative estimate of drug-likeness (QED) is 0.455. The van der Waals surface area contributed by atoms with E-state index in [0.29, 0.717) is 0 Å². The minimum Gasteiger partial charge on any atom is -0.281 e. The Hall–Kier alpha value is -3.10. The smallest absolute Gasteiger partial charge is 0.281 e. The molecule has 9 heteroatoms. The van der Waals surface area contributed by atoms with Gasteiger partial charge in [-0.15, -0.1) is 0 Å². The third-order valence-corrected chi connectivity index (χ3v) is 4.46. The second kappa shape index (κ2) is 6.32. The molecule has 2 heterocycles. The van der Waals surface area contributed by atoms with E-state index in [4.69, 9.17) is 0 Å². The lowest BCUT2D eigenvalue weighted by Gasteiger charge is -2.35. The van der Waals surface area contributed by atoms with E-state index in [2.05, 4.69) is 0 Å². The van der Waals surface area contributed by atoms with Crippen LogP contribution in [0.25, 0.3) is 0 Å². The third kappa shape index (κ3) is 2.65. The lowest BCUT2D eigenvalue weighted by atomic mass is 10.0. The molecule has 2 aliphatic rings. The SMILES string of the molecule is CC(C)CN1C(=O)CCC(N2C(=O)c3cccc([N+](=O)[O-])c3C2=O)C1=O. The van der Waals surface area contributed by atoms with Gasteiger partial charge < -0.3 is 0 Å². The first-order valence-corrected chi connectivity index (χ1v) is 8.23. The Morgan fingerprint density at radius 2 is 1.88 bits per heavy atom. The molecule has 1 atom stereocenters. The third-order valence-electron chi connectivity index (χ3n) is 4.46. The summed E-state index contributed by atoms with van der Waals surface area (Å²) in [6.45, 7) is 3.88. The molecule has 0 aromatic heterocycles. The van der Waals surface area contributed by atoms with E-state index in [1.165, 1.54) is 12.1 Å². The Balaban J connectivity index is 1.98. The molecule has 136 valence electrons. The van der Waals surface area contributed by atoms with E-state index in [1.54, 1.807) is 0 Å². The summed E-state index contributed by atoms with van der Waals surface area (Å²) in [5.74, 6) is -2.54. The molecule has 1 saturated heterocycles. The number of benzene rings is 1. The largest absolute Gasteiger partial charge is 0.282 e. The fraction of sp³-hybridized carbons (Fsp3) is 0.412. The standard InChI is InChI=1S/C17H17N3O6/c1-9(2)8-18-13(21)7-6-12(16(18)23)19-15(22)10-4-3-5-11(20(25)26)14(10)17(19)24/h3-5,9,12H,6-8H2,1-2H3. The van der Waals surface area contributed by atoms with Gasteiger partial charge in [0.25, 0.3) is 23.4 Å². The van der Waals surface area contributed by atoms with E-state index in [9.17, 15) is 29.3 Å². The molecular formula is C17H17N3O6. The molecule has 1 aromatic rings. The molecule has 0 aliphatic carbocycles. The highest BCUT2D eigenvalue weighted by Gasteiger charge is 2.49. The van der Waals surface area contributed by atoms with E-state index in [0.717, 1.165) is 15.9 Å². The molecule has 3 rings (SSSR count). The first-order valence-electron chi connectivity index (χ1n) is 8.23. The summed E-state index contributed by atoms with van der Waals surface area (Å²) in [4.78, 5) is 62.5. The summed E-state index contributed by atoms with van der Waals surface area (Å²) in [5.41, 5.74) is -0.867. The van der Waals surface area contributed by atoms with Crippen LogP contribution in [0.2, 0.25) is 0 Å². The predicted octanol–water partition coefficient (Wildman–Crippen LogP) is 1.36. The van der Waals surface area contributed by atoms with Crippen LogP contribution in [-0.4, -0.2) is 50.9 Å². The number of carbonyl (C=O) groups is 4. The number of imide groups is 2. The van der Waals surface area contributed by atoms with E-state index < -0.39 is 34.4 Å². The van der Waals surface area contributed by atoms with E-state index in [-0.39, 0.29) is 42.3 Å². The van der Waals surface area contributed by atoms with Crippen molar-refractivity contribution in [2.75, 3.05) is 6.54 Å². The van der Waals surface area contributed by atoms with Crippen molar-refractivity contribution in [3.05, 3.63) is 39.4 Å². The fourth-order valence-electron chi connectivity index (χ4n) is 3.34. The molecule has 2 aliphatic heterocycles. The number of fused-ring (bicyclic) bond motifs is 1. The van der Waals surface area contributed by atoms with Gasteiger partial charge in [-0.2, -0.15) is 0 Å². The summed E-state index contributed by atoms with van der Waals surface area (Å²) in [6.07, 6.45) is 0.0458. The zero-order valence-electron chi connectivity index (χ0n) is 14.3.